The summed E-state index contributed by atoms with van der Waals surface area (Å²) >= 11 is 4.16. The summed E-state index contributed by atoms with van der Waals surface area (Å²) in [6.45, 7) is 9.58. The molecular formula is C11H19IN2S. The van der Waals surface area contributed by atoms with Gasteiger partial charge in [-0.25, -0.2) is 0 Å². The Balaban J connectivity index is 2.07. The maximum absolute atomic E-state index is 3.45. The fourth-order valence-corrected chi connectivity index (χ4v) is 2.61. The minimum atomic E-state index is 0.222. The number of rotatable bonds is 5. The van der Waals surface area contributed by atoms with Crippen molar-refractivity contribution < 1.29 is 0 Å². The zero-order valence-electron chi connectivity index (χ0n) is 9.56. The largest absolute Gasteiger partial charge is 0.311 e. The summed E-state index contributed by atoms with van der Waals surface area (Å²) in [6, 6.07) is 2.23. The van der Waals surface area contributed by atoms with Crippen LogP contribution in [0.2, 0.25) is 0 Å². The van der Waals surface area contributed by atoms with Crippen LogP contribution in [-0.2, 0) is 6.54 Å². The van der Waals surface area contributed by atoms with Crippen molar-refractivity contribution in [3.63, 3.8) is 0 Å². The summed E-state index contributed by atoms with van der Waals surface area (Å²) in [5.41, 5.74) is 1.61. The Labute approximate surface area is 110 Å². The third-order valence-electron chi connectivity index (χ3n) is 1.91. The van der Waals surface area contributed by atoms with E-state index in [2.05, 4.69) is 65.4 Å². The van der Waals surface area contributed by atoms with Gasteiger partial charge in [0.25, 0.3) is 0 Å². The van der Waals surface area contributed by atoms with Crippen molar-refractivity contribution in [1.29, 1.82) is 0 Å². The second kappa shape index (κ2) is 6.18. The fourth-order valence-electron chi connectivity index (χ4n) is 1.20. The number of hydrogen-bond acceptors (Lipinski definition) is 3. The van der Waals surface area contributed by atoms with Crippen LogP contribution in [0, 0.1) is 2.88 Å². The zero-order chi connectivity index (χ0) is 11.3. The molecule has 0 aromatic carbocycles. The van der Waals surface area contributed by atoms with Gasteiger partial charge in [-0.3, -0.25) is 0 Å². The summed E-state index contributed by atoms with van der Waals surface area (Å²) < 4.78 is 1.36. The van der Waals surface area contributed by atoms with Gasteiger partial charge < -0.3 is 10.6 Å². The Hall–Kier alpha value is 0.350. The number of nitrogens with one attached hydrogen (secondary N) is 2. The molecule has 1 aromatic rings. The minimum Gasteiger partial charge on any atom is -0.311 e. The highest BCUT2D eigenvalue weighted by Gasteiger charge is 2.06. The molecule has 0 unspecified atom stereocenters. The van der Waals surface area contributed by atoms with Gasteiger partial charge in [0.15, 0.2) is 0 Å². The Morgan fingerprint density at radius 2 is 2.07 bits per heavy atom. The molecule has 0 radical (unpaired) electrons. The lowest BCUT2D eigenvalue weighted by atomic mass is 10.1. The van der Waals surface area contributed by atoms with E-state index in [0.717, 1.165) is 19.6 Å². The van der Waals surface area contributed by atoms with Crippen molar-refractivity contribution in [2.24, 2.45) is 0 Å². The van der Waals surface area contributed by atoms with Crippen LogP contribution in [-0.4, -0.2) is 18.6 Å². The van der Waals surface area contributed by atoms with E-state index in [-0.39, 0.29) is 5.54 Å². The maximum atomic E-state index is 3.45. The third kappa shape index (κ3) is 6.50. The Bertz CT molecular complexity index is 291. The second-order valence-corrected chi connectivity index (χ2v) is 7.42. The van der Waals surface area contributed by atoms with Crippen LogP contribution in [0.3, 0.4) is 0 Å². The highest BCUT2D eigenvalue weighted by Crippen LogP contribution is 2.16. The molecule has 0 amide bonds. The van der Waals surface area contributed by atoms with E-state index in [4.69, 9.17) is 0 Å². The van der Waals surface area contributed by atoms with Crippen molar-refractivity contribution >= 4 is 33.9 Å². The predicted octanol–water partition coefficient (Wildman–Crippen LogP) is 2.83. The van der Waals surface area contributed by atoms with Gasteiger partial charge in [-0.15, -0.1) is 11.3 Å². The van der Waals surface area contributed by atoms with Gasteiger partial charge in [0.1, 0.15) is 0 Å². The van der Waals surface area contributed by atoms with Crippen LogP contribution >= 0.6 is 33.9 Å². The van der Waals surface area contributed by atoms with Gasteiger partial charge >= 0.3 is 0 Å². The first kappa shape index (κ1) is 13.4. The lowest BCUT2D eigenvalue weighted by Crippen LogP contribution is -2.40. The van der Waals surface area contributed by atoms with Crippen LogP contribution in [0.1, 0.15) is 26.3 Å². The molecule has 0 saturated heterocycles. The first-order chi connectivity index (χ1) is 6.97. The summed E-state index contributed by atoms with van der Waals surface area (Å²) in [5, 5.41) is 9.09. The van der Waals surface area contributed by atoms with Crippen molar-refractivity contribution in [2.75, 3.05) is 13.1 Å². The monoisotopic (exact) mass is 338 g/mol. The zero-order valence-corrected chi connectivity index (χ0v) is 12.5. The molecule has 0 aliphatic carbocycles. The average Bonchev–Trinajstić information content (AvgIpc) is 2.49. The quantitative estimate of drug-likeness (QED) is 0.637. The summed E-state index contributed by atoms with van der Waals surface area (Å²) in [4.78, 5) is 0. The first-order valence-corrected chi connectivity index (χ1v) is 7.12. The molecule has 86 valence electrons. The van der Waals surface area contributed by atoms with Crippen molar-refractivity contribution in [3.8, 4) is 0 Å². The number of halogens is 1. The highest BCUT2D eigenvalue weighted by molar-refractivity contribution is 14.1. The average molecular weight is 338 g/mol. The van der Waals surface area contributed by atoms with Gasteiger partial charge in [0, 0.05) is 25.2 Å². The molecule has 0 atom stereocenters. The molecule has 1 rings (SSSR count). The molecule has 0 spiro atoms. The van der Waals surface area contributed by atoms with Crippen molar-refractivity contribution in [1.82, 2.24) is 10.6 Å². The Morgan fingerprint density at radius 3 is 2.60 bits per heavy atom. The molecule has 1 heterocycles. The molecule has 4 heteroatoms. The molecule has 15 heavy (non-hydrogen) atoms. The molecule has 0 aliphatic rings. The number of hydrogen-bond donors (Lipinski definition) is 2. The Morgan fingerprint density at radius 1 is 1.33 bits per heavy atom. The maximum Gasteiger partial charge on any atom is 0.0656 e. The summed E-state index contributed by atoms with van der Waals surface area (Å²) in [7, 11) is 0. The first-order valence-electron chi connectivity index (χ1n) is 5.16. The lowest BCUT2D eigenvalue weighted by Gasteiger charge is -2.20. The smallest absolute Gasteiger partial charge is 0.0656 e. The van der Waals surface area contributed by atoms with Gasteiger partial charge in [-0.05, 0) is 60.4 Å². The van der Waals surface area contributed by atoms with Crippen LogP contribution in [0.15, 0.2) is 11.4 Å². The van der Waals surface area contributed by atoms with E-state index in [1.165, 1.54) is 8.45 Å². The second-order valence-electron chi connectivity index (χ2n) is 4.61. The number of thiophene rings is 1. The van der Waals surface area contributed by atoms with Crippen LogP contribution in [0.4, 0.5) is 0 Å². The molecule has 1 aromatic heterocycles. The third-order valence-corrected chi connectivity index (χ3v) is 3.75. The van der Waals surface area contributed by atoms with Crippen molar-refractivity contribution in [2.45, 2.75) is 32.9 Å². The fraction of sp³-hybridized carbons (Fsp3) is 0.636. The molecule has 0 aliphatic heterocycles. The minimum absolute atomic E-state index is 0.222. The van der Waals surface area contributed by atoms with E-state index in [9.17, 15) is 0 Å². The van der Waals surface area contributed by atoms with Crippen LogP contribution < -0.4 is 10.6 Å². The topological polar surface area (TPSA) is 24.1 Å². The molecule has 2 nitrogen and oxygen atoms in total. The molecule has 2 N–H and O–H groups in total. The Kier molecular flexibility index (Phi) is 5.52. The van der Waals surface area contributed by atoms with E-state index in [0.29, 0.717) is 0 Å². The van der Waals surface area contributed by atoms with E-state index in [1.54, 1.807) is 11.3 Å². The standard InChI is InChI=1S/C11H19IN2S/c1-11(2,3)14-5-4-13-7-9-6-10(12)15-8-9/h6,8,13-14H,4-5,7H2,1-3H3. The lowest BCUT2D eigenvalue weighted by molar-refractivity contribution is 0.421. The van der Waals surface area contributed by atoms with Gasteiger partial charge in [0.2, 0.25) is 0 Å². The van der Waals surface area contributed by atoms with Crippen LogP contribution in [0.25, 0.3) is 0 Å². The molecule has 0 bridgehead atoms. The molecule has 0 fully saturated rings. The van der Waals surface area contributed by atoms with Gasteiger partial charge in [-0.1, -0.05) is 0 Å². The van der Waals surface area contributed by atoms with E-state index in [1.807, 2.05) is 0 Å². The SMILES string of the molecule is CC(C)(C)NCCNCc1csc(I)c1. The van der Waals surface area contributed by atoms with Crippen molar-refractivity contribution in [3.05, 3.63) is 19.9 Å². The van der Waals surface area contributed by atoms with Gasteiger partial charge in [-0.2, -0.15) is 0 Å². The summed E-state index contributed by atoms with van der Waals surface area (Å²) in [6.07, 6.45) is 0. The van der Waals surface area contributed by atoms with E-state index < -0.39 is 0 Å². The molecular weight excluding hydrogens is 319 g/mol. The highest BCUT2D eigenvalue weighted by atomic mass is 127. The molecule has 0 saturated carbocycles. The summed E-state index contributed by atoms with van der Waals surface area (Å²) in [5.74, 6) is 0. The van der Waals surface area contributed by atoms with E-state index >= 15 is 0 Å². The predicted molar refractivity (Wildman–Crippen MR) is 76.5 cm³/mol. The van der Waals surface area contributed by atoms with Gasteiger partial charge in [0.05, 0.1) is 2.88 Å². The normalized spacial score (nSPS) is 12.0. The van der Waals surface area contributed by atoms with Crippen LogP contribution in [0.5, 0.6) is 0 Å².